The van der Waals surface area contributed by atoms with Crippen molar-refractivity contribution >= 4 is 0 Å². The van der Waals surface area contributed by atoms with Crippen molar-refractivity contribution in [3.05, 3.63) is 18.0 Å². The lowest BCUT2D eigenvalue weighted by atomic mass is 9.47. The molecule has 0 spiro atoms. The van der Waals surface area contributed by atoms with Gasteiger partial charge in [-0.05, 0) is 80.6 Å². The molecule has 0 aromatic carbocycles. The van der Waals surface area contributed by atoms with Gasteiger partial charge in [-0.1, -0.05) is 0 Å². The molecule has 0 radical (unpaired) electrons. The summed E-state index contributed by atoms with van der Waals surface area (Å²) in [6.07, 6.45) is 13.9. The van der Waals surface area contributed by atoms with E-state index in [4.69, 9.17) is 5.73 Å². The first-order valence-electron chi connectivity index (χ1n) is 8.44. The predicted octanol–water partition coefficient (Wildman–Crippen LogP) is 2.99. The largest absolute Gasteiger partial charge is 0.327 e. The summed E-state index contributed by atoms with van der Waals surface area (Å²) in [5.74, 6) is 2.97. The Morgan fingerprint density at radius 1 is 1.25 bits per heavy atom. The molecule has 0 saturated heterocycles. The molecule has 20 heavy (non-hydrogen) atoms. The molecule has 0 aliphatic heterocycles. The molecule has 0 amide bonds. The van der Waals surface area contributed by atoms with Crippen LogP contribution in [0.2, 0.25) is 0 Å². The van der Waals surface area contributed by atoms with E-state index in [1.54, 1.807) is 0 Å². The van der Waals surface area contributed by atoms with Gasteiger partial charge in [0.15, 0.2) is 0 Å². The van der Waals surface area contributed by atoms with Gasteiger partial charge < -0.3 is 5.73 Å². The fourth-order valence-electron chi connectivity index (χ4n) is 5.79. The number of aromatic nitrogens is 2. The number of hydrogen-bond donors (Lipinski definition) is 1. The molecule has 1 aromatic rings. The van der Waals surface area contributed by atoms with Gasteiger partial charge in [0, 0.05) is 18.8 Å². The van der Waals surface area contributed by atoms with Crippen molar-refractivity contribution in [1.29, 1.82) is 0 Å². The summed E-state index contributed by atoms with van der Waals surface area (Å²) in [7, 11) is 0. The maximum Gasteiger partial charge on any atom is 0.0522 e. The average Bonchev–Trinajstić information content (AvgIpc) is 2.85. The van der Waals surface area contributed by atoms with E-state index in [0.29, 0.717) is 11.5 Å². The van der Waals surface area contributed by atoms with Crippen molar-refractivity contribution in [3.63, 3.8) is 0 Å². The highest BCUT2D eigenvalue weighted by molar-refractivity contribution is 5.12. The lowest BCUT2D eigenvalue weighted by molar-refractivity contribution is -0.0667. The third-order valence-corrected chi connectivity index (χ3v) is 6.34. The molecule has 4 aliphatic rings. The second kappa shape index (κ2) is 4.59. The van der Waals surface area contributed by atoms with Crippen LogP contribution in [0.4, 0.5) is 0 Å². The highest BCUT2D eigenvalue weighted by Gasteiger charge is 2.53. The van der Waals surface area contributed by atoms with Crippen LogP contribution in [-0.2, 0) is 13.0 Å². The Hall–Kier alpha value is -0.830. The summed E-state index contributed by atoms with van der Waals surface area (Å²) in [6, 6.07) is 0.338. The van der Waals surface area contributed by atoms with Crippen molar-refractivity contribution < 1.29 is 0 Å². The molecule has 2 N–H and O–H groups in total. The first-order valence-corrected chi connectivity index (χ1v) is 8.44. The zero-order valence-electron chi connectivity index (χ0n) is 12.6. The minimum Gasteiger partial charge on any atom is -0.327 e. The zero-order chi connectivity index (χ0) is 13.7. The fraction of sp³-hybridized carbons (Fsp3) is 0.824. The van der Waals surface area contributed by atoms with Crippen LogP contribution >= 0.6 is 0 Å². The molecule has 1 atom stereocenters. The monoisotopic (exact) mass is 273 g/mol. The van der Waals surface area contributed by atoms with Crippen LogP contribution in [0.25, 0.3) is 0 Å². The van der Waals surface area contributed by atoms with Gasteiger partial charge >= 0.3 is 0 Å². The molecule has 1 unspecified atom stereocenters. The number of nitrogens with zero attached hydrogens (tertiary/aromatic N) is 2. The molecule has 3 nitrogen and oxygen atoms in total. The minimum absolute atomic E-state index is 0.338. The maximum absolute atomic E-state index is 6.72. The van der Waals surface area contributed by atoms with E-state index in [2.05, 4.69) is 18.2 Å². The SMILES string of the molecule is CCn1cc(CC(N)C23CC4CC(CC(C4)C2)C3)cn1. The van der Waals surface area contributed by atoms with E-state index in [1.807, 2.05) is 10.9 Å². The Bertz CT molecular complexity index is 455. The summed E-state index contributed by atoms with van der Waals surface area (Å²) in [4.78, 5) is 0. The van der Waals surface area contributed by atoms with Gasteiger partial charge in [0.05, 0.1) is 6.20 Å². The topological polar surface area (TPSA) is 43.8 Å². The number of nitrogens with two attached hydrogens (primary N) is 1. The summed E-state index contributed by atoms with van der Waals surface area (Å²) >= 11 is 0. The van der Waals surface area contributed by atoms with Gasteiger partial charge in [-0.3, -0.25) is 4.68 Å². The van der Waals surface area contributed by atoms with E-state index >= 15 is 0 Å². The van der Waals surface area contributed by atoms with Gasteiger partial charge in [-0.25, -0.2) is 0 Å². The molecule has 1 heterocycles. The predicted molar refractivity (Wildman–Crippen MR) is 80.2 cm³/mol. The summed E-state index contributed by atoms with van der Waals surface area (Å²) in [6.45, 7) is 3.09. The Kier molecular flexibility index (Phi) is 2.95. The third kappa shape index (κ3) is 2.02. The molecule has 4 aliphatic carbocycles. The summed E-state index contributed by atoms with van der Waals surface area (Å²) in [5, 5.41) is 4.40. The van der Waals surface area contributed by atoms with E-state index in [-0.39, 0.29) is 0 Å². The molecule has 4 fully saturated rings. The van der Waals surface area contributed by atoms with Crippen LogP contribution < -0.4 is 5.73 Å². The highest BCUT2D eigenvalue weighted by atomic mass is 15.3. The zero-order valence-corrected chi connectivity index (χ0v) is 12.6. The lowest BCUT2D eigenvalue weighted by Crippen LogP contribution is -2.55. The van der Waals surface area contributed by atoms with E-state index in [1.165, 1.54) is 44.1 Å². The number of rotatable bonds is 4. The summed E-state index contributed by atoms with van der Waals surface area (Å²) < 4.78 is 2.02. The summed E-state index contributed by atoms with van der Waals surface area (Å²) in [5.41, 5.74) is 8.51. The van der Waals surface area contributed by atoms with E-state index < -0.39 is 0 Å². The van der Waals surface area contributed by atoms with E-state index in [9.17, 15) is 0 Å². The molecular weight excluding hydrogens is 246 g/mol. The molecule has 110 valence electrons. The Morgan fingerprint density at radius 2 is 1.85 bits per heavy atom. The number of aryl methyl sites for hydroxylation is 1. The Balaban J connectivity index is 1.51. The quantitative estimate of drug-likeness (QED) is 0.916. The van der Waals surface area contributed by atoms with Gasteiger partial charge in [-0.2, -0.15) is 5.10 Å². The van der Waals surface area contributed by atoms with Crippen LogP contribution in [0, 0.1) is 23.2 Å². The van der Waals surface area contributed by atoms with E-state index in [0.717, 1.165) is 30.7 Å². The first-order chi connectivity index (χ1) is 9.67. The smallest absolute Gasteiger partial charge is 0.0522 e. The Morgan fingerprint density at radius 3 is 2.35 bits per heavy atom. The van der Waals surface area contributed by atoms with Gasteiger partial charge in [0.1, 0.15) is 0 Å². The third-order valence-electron chi connectivity index (χ3n) is 6.34. The van der Waals surface area contributed by atoms with Crippen molar-refractivity contribution in [1.82, 2.24) is 9.78 Å². The molecule has 1 aromatic heterocycles. The molecule has 4 saturated carbocycles. The second-order valence-corrected chi connectivity index (χ2v) is 7.79. The average molecular weight is 273 g/mol. The number of hydrogen-bond acceptors (Lipinski definition) is 2. The van der Waals surface area contributed by atoms with Crippen molar-refractivity contribution in [2.45, 2.75) is 64.5 Å². The van der Waals surface area contributed by atoms with Crippen LogP contribution in [0.3, 0.4) is 0 Å². The molecule has 5 rings (SSSR count). The van der Waals surface area contributed by atoms with Crippen molar-refractivity contribution in [3.8, 4) is 0 Å². The maximum atomic E-state index is 6.72. The fourth-order valence-corrected chi connectivity index (χ4v) is 5.79. The lowest BCUT2D eigenvalue weighted by Gasteiger charge is -2.59. The van der Waals surface area contributed by atoms with Crippen LogP contribution in [0.1, 0.15) is 51.0 Å². The van der Waals surface area contributed by atoms with Gasteiger partial charge in [-0.15, -0.1) is 0 Å². The first kappa shape index (κ1) is 12.9. The Labute approximate surface area is 121 Å². The molecule has 4 bridgehead atoms. The van der Waals surface area contributed by atoms with Gasteiger partial charge in [0.2, 0.25) is 0 Å². The van der Waals surface area contributed by atoms with Crippen LogP contribution in [-0.4, -0.2) is 15.8 Å². The van der Waals surface area contributed by atoms with Crippen molar-refractivity contribution in [2.24, 2.45) is 28.9 Å². The molecule has 3 heteroatoms. The minimum atomic E-state index is 0.338. The van der Waals surface area contributed by atoms with Gasteiger partial charge in [0.25, 0.3) is 0 Å². The van der Waals surface area contributed by atoms with Crippen LogP contribution in [0.15, 0.2) is 12.4 Å². The molecular formula is C17H27N3. The highest BCUT2D eigenvalue weighted by Crippen LogP contribution is 2.61. The van der Waals surface area contributed by atoms with Crippen molar-refractivity contribution in [2.75, 3.05) is 0 Å². The standard InChI is InChI=1S/C17H27N3/c1-2-20-11-15(10-19-20)6-16(18)17-7-12-3-13(8-17)5-14(4-12)9-17/h10-14,16H,2-9,18H2,1H3. The normalized spacial score (nSPS) is 40.2. The van der Waals surface area contributed by atoms with Crippen LogP contribution in [0.5, 0.6) is 0 Å². The second-order valence-electron chi connectivity index (χ2n) is 7.79.